The van der Waals surface area contributed by atoms with Gasteiger partial charge in [-0.05, 0) is 19.8 Å². The molecule has 0 spiro atoms. The van der Waals surface area contributed by atoms with Gasteiger partial charge >= 0.3 is 0 Å². The molecule has 1 aliphatic rings. The van der Waals surface area contributed by atoms with Gasteiger partial charge in [-0.25, -0.2) is 9.97 Å². The van der Waals surface area contributed by atoms with Crippen LogP contribution >= 0.6 is 0 Å². The fourth-order valence-electron chi connectivity index (χ4n) is 3.11. The molecule has 1 saturated heterocycles. The number of methoxy groups -OCH3 is 2. The Balaban J connectivity index is 1.77. The zero-order valence-corrected chi connectivity index (χ0v) is 15.3. The first-order valence-electron chi connectivity index (χ1n) is 8.29. The van der Waals surface area contributed by atoms with Gasteiger partial charge in [0.15, 0.2) is 5.89 Å². The van der Waals surface area contributed by atoms with Crippen LogP contribution in [0.1, 0.15) is 40.7 Å². The highest BCUT2D eigenvalue weighted by Gasteiger charge is 2.40. The maximum absolute atomic E-state index is 12.6. The molecule has 2 aromatic rings. The first-order valence-corrected chi connectivity index (χ1v) is 8.29. The number of hydrogen-bond donors (Lipinski definition) is 1. The molecule has 1 amide bonds. The molecule has 1 fully saturated rings. The summed E-state index contributed by atoms with van der Waals surface area (Å²) in [4.78, 5) is 26.8. The van der Waals surface area contributed by atoms with Crippen molar-refractivity contribution in [3.63, 3.8) is 0 Å². The van der Waals surface area contributed by atoms with Gasteiger partial charge in [-0.2, -0.15) is 4.98 Å². The summed E-state index contributed by atoms with van der Waals surface area (Å²) in [7, 11) is 2.94. The number of nitrogens with zero attached hydrogens (tertiary/aromatic N) is 4. The topological polar surface area (TPSA) is 111 Å². The summed E-state index contributed by atoms with van der Waals surface area (Å²) in [5, 5.41) is 11.0. The zero-order valence-electron chi connectivity index (χ0n) is 15.3. The Morgan fingerprint density at radius 3 is 2.46 bits per heavy atom. The van der Waals surface area contributed by atoms with Gasteiger partial charge in [-0.3, -0.25) is 4.79 Å². The predicted octanol–water partition coefficient (Wildman–Crippen LogP) is 1.22. The third-order valence-corrected chi connectivity index (χ3v) is 4.54. The van der Waals surface area contributed by atoms with Crippen molar-refractivity contribution >= 4 is 5.91 Å². The number of likely N-dealkylation sites (tertiary alicyclic amines) is 1. The van der Waals surface area contributed by atoms with Crippen molar-refractivity contribution in [2.45, 2.75) is 32.3 Å². The van der Waals surface area contributed by atoms with Gasteiger partial charge < -0.3 is 23.9 Å². The monoisotopic (exact) mass is 362 g/mol. The summed E-state index contributed by atoms with van der Waals surface area (Å²) in [6.45, 7) is 4.14. The molecule has 0 unspecified atom stereocenters. The Bertz CT molecular complexity index is 811. The summed E-state index contributed by atoms with van der Waals surface area (Å²) >= 11 is 0. The molecule has 0 radical (unpaired) electrons. The molecule has 0 aromatic carbocycles. The van der Waals surface area contributed by atoms with Crippen LogP contribution in [0.5, 0.6) is 11.8 Å². The quantitative estimate of drug-likeness (QED) is 0.864. The standard InChI is InChI=1S/C17H22N4O5/c1-10-13(26-11(2)19-10)16(22)21-7-5-17(23,6-8-21)14-15(25-4)20-12(24-3)9-18-14/h9,23H,5-8H2,1-4H3. The van der Waals surface area contributed by atoms with Gasteiger partial charge in [-0.15, -0.1) is 0 Å². The Morgan fingerprint density at radius 2 is 1.92 bits per heavy atom. The first kappa shape index (κ1) is 18.1. The van der Waals surface area contributed by atoms with Gasteiger partial charge in [0, 0.05) is 20.0 Å². The Hall–Kier alpha value is -2.68. The highest BCUT2D eigenvalue weighted by Crippen LogP contribution is 2.37. The number of oxazole rings is 1. The van der Waals surface area contributed by atoms with Crippen LogP contribution in [0.25, 0.3) is 0 Å². The molecule has 0 bridgehead atoms. The second-order valence-electron chi connectivity index (χ2n) is 6.24. The third kappa shape index (κ3) is 3.22. The van der Waals surface area contributed by atoms with Gasteiger partial charge in [0.1, 0.15) is 11.3 Å². The van der Waals surface area contributed by atoms with Crippen LogP contribution in [-0.2, 0) is 5.60 Å². The fourth-order valence-corrected chi connectivity index (χ4v) is 3.11. The van der Waals surface area contributed by atoms with E-state index in [0.717, 1.165) is 0 Å². The number of hydrogen-bond acceptors (Lipinski definition) is 8. The molecule has 9 nitrogen and oxygen atoms in total. The van der Waals surface area contributed by atoms with E-state index in [-0.39, 0.29) is 17.5 Å². The molecule has 3 rings (SSSR count). The lowest BCUT2D eigenvalue weighted by Crippen LogP contribution is -2.45. The SMILES string of the molecule is COc1cnc(C2(O)CCN(C(=O)c3oc(C)nc3C)CC2)c(OC)n1. The minimum Gasteiger partial charge on any atom is -0.480 e. The van der Waals surface area contributed by atoms with Crippen LogP contribution < -0.4 is 9.47 Å². The van der Waals surface area contributed by atoms with E-state index in [1.54, 1.807) is 18.7 Å². The van der Waals surface area contributed by atoms with E-state index < -0.39 is 5.60 Å². The van der Waals surface area contributed by atoms with Crippen molar-refractivity contribution in [3.8, 4) is 11.8 Å². The predicted molar refractivity (Wildman–Crippen MR) is 90.1 cm³/mol. The summed E-state index contributed by atoms with van der Waals surface area (Å²) in [6, 6.07) is 0. The molecule has 2 aromatic heterocycles. The van der Waals surface area contributed by atoms with Crippen molar-refractivity contribution in [1.82, 2.24) is 19.9 Å². The van der Waals surface area contributed by atoms with Gasteiger partial charge in [0.2, 0.25) is 17.5 Å². The van der Waals surface area contributed by atoms with Crippen molar-refractivity contribution in [2.75, 3.05) is 27.3 Å². The molecule has 140 valence electrons. The van der Waals surface area contributed by atoms with E-state index in [4.69, 9.17) is 13.9 Å². The van der Waals surface area contributed by atoms with E-state index in [0.29, 0.717) is 49.1 Å². The first-order chi connectivity index (χ1) is 12.4. The van der Waals surface area contributed by atoms with Crippen LogP contribution in [0.15, 0.2) is 10.6 Å². The Morgan fingerprint density at radius 1 is 1.23 bits per heavy atom. The average Bonchev–Trinajstić information content (AvgIpc) is 2.99. The van der Waals surface area contributed by atoms with Crippen LogP contribution in [0.3, 0.4) is 0 Å². The van der Waals surface area contributed by atoms with Crippen LogP contribution in [-0.4, -0.2) is 58.2 Å². The number of aromatic nitrogens is 3. The summed E-state index contributed by atoms with van der Waals surface area (Å²) in [5.41, 5.74) is -0.316. The summed E-state index contributed by atoms with van der Waals surface area (Å²) < 4.78 is 15.7. The molecule has 3 heterocycles. The molecule has 0 atom stereocenters. The lowest BCUT2D eigenvalue weighted by atomic mass is 9.88. The van der Waals surface area contributed by atoms with E-state index in [1.807, 2.05) is 0 Å². The largest absolute Gasteiger partial charge is 0.480 e. The Kier molecular flexibility index (Phi) is 4.82. The molecular weight excluding hydrogens is 340 g/mol. The Labute approximate surface area is 151 Å². The number of piperidine rings is 1. The zero-order chi connectivity index (χ0) is 18.9. The number of aryl methyl sites for hydroxylation is 2. The molecular formula is C17H22N4O5. The van der Waals surface area contributed by atoms with E-state index in [1.165, 1.54) is 20.4 Å². The smallest absolute Gasteiger partial charge is 0.291 e. The number of aliphatic hydroxyl groups is 1. The van der Waals surface area contributed by atoms with Crippen LogP contribution in [0.2, 0.25) is 0 Å². The maximum Gasteiger partial charge on any atom is 0.291 e. The van der Waals surface area contributed by atoms with Gasteiger partial charge in [0.25, 0.3) is 5.91 Å². The number of carbonyl (C=O) groups excluding carboxylic acids is 1. The second-order valence-corrected chi connectivity index (χ2v) is 6.24. The molecule has 1 N–H and O–H groups in total. The van der Waals surface area contributed by atoms with Crippen LogP contribution in [0, 0.1) is 13.8 Å². The van der Waals surface area contributed by atoms with Crippen LogP contribution in [0.4, 0.5) is 0 Å². The molecule has 9 heteroatoms. The molecule has 26 heavy (non-hydrogen) atoms. The van der Waals surface area contributed by atoms with Crippen molar-refractivity contribution < 1.29 is 23.8 Å². The summed E-state index contributed by atoms with van der Waals surface area (Å²) in [5.74, 6) is 0.997. The minimum absolute atomic E-state index is 0.216. The maximum atomic E-state index is 12.6. The summed E-state index contributed by atoms with van der Waals surface area (Å²) in [6.07, 6.45) is 2.05. The van der Waals surface area contributed by atoms with Gasteiger partial charge in [0.05, 0.1) is 26.1 Å². The second kappa shape index (κ2) is 6.91. The van der Waals surface area contributed by atoms with E-state index in [2.05, 4.69) is 15.0 Å². The molecule has 0 aliphatic carbocycles. The van der Waals surface area contributed by atoms with E-state index in [9.17, 15) is 9.90 Å². The average molecular weight is 362 g/mol. The minimum atomic E-state index is -1.23. The highest BCUT2D eigenvalue weighted by molar-refractivity contribution is 5.92. The van der Waals surface area contributed by atoms with Gasteiger partial charge in [-0.1, -0.05) is 0 Å². The lowest BCUT2D eigenvalue weighted by Gasteiger charge is -2.37. The van der Waals surface area contributed by atoms with Crippen molar-refractivity contribution in [1.29, 1.82) is 0 Å². The highest BCUT2D eigenvalue weighted by atomic mass is 16.5. The van der Waals surface area contributed by atoms with E-state index >= 15 is 0 Å². The number of amides is 1. The lowest BCUT2D eigenvalue weighted by molar-refractivity contribution is -0.0271. The number of rotatable bonds is 4. The number of carbonyl (C=O) groups is 1. The number of ether oxygens (including phenoxy) is 2. The molecule has 0 saturated carbocycles. The van der Waals surface area contributed by atoms with Crippen molar-refractivity contribution in [2.24, 2.45) is 0 Å². The van der Waals surface area contributed by atoms with Crippen molar-refractivity contribution in [3.05, 3.63) is 29.2 Å². The normalized spacial score (nSPS) is 16.4. The third-order valence-electron chi connectivity index (χ3n) is 4.54. The fraction of sp³-hybridized carbons (Fsp3) is 0.529. The molecule has 1 aliphatic heterocycles.